The number of nitrogens with zero attached hydrogens (tertiary/aromatic N) is 4. The van der Waals surface area contributed by atoms with Crippen molar-refractivity contribution in [2.75, 3.05) is 26.2 Å². The van der Waals surface area contributed by atoms with Crippen LogP contribution >= 0.6 is 0 Å². The molecule has 0 bridgehead atoms. The molecule has 1 fully saturated rings. The van der Waals surface area contributed by atoms with Crippen molar-refractivity contribution in [2.24, 2.45) is 0 Å². The van der Waals surface area contributed by atoms with Gasteiger partial charge < -0.3 is 10.2 Å². The van der Waals surface area contributed by atoms with Crippen LogP contribution in [0.5, 0.6) is 0 Å². The van der Waals surface area contributed by atoms with Crippen LogP contribution in [0.3, 0.4) is 0 Å². The topological polar surface area (TPSA) is 62.5 Å². The molecule has 3 aromatic rings. The molecule has 1 aliphatic heterocycles. The highest BCUT2D eigenvalue weighted by atomic mass is 16.1. The molecule has 0 unspecified atom stereocenters. The number of aromatic nitrogens is 3. The zero-order valence-electron chi connectivity index (χ0n) is 15.9. The van der Waals surface area contributed by atoms with E-state index >= 15 is 0 Å². The second kappa shape index (κ2) is 7.48. The number of likely N-dealkylation sites (tertiary alicyclic amines) is 1. The average Bonchev–Trinajstić information content (AvgIpc) is 3.28. The Morgan fingerprint density at radius 1 is 1.22 bits per heavy atom. The highest BCUT2D eigenvalue weighted by Crippen LogP contribution is 2.26. The summed E-state index contributed by atoms with van der Waals surface area (Å²) < 4.78 is 1.76. The highest BCUT2D eigenvalue weighted by Gasteiger charge is 2.23. The Morgan fingerprint density at radius 2 is 2.04 bits per heavy atom. The summed E-state index contributed by atoms with van der Waals surface area (Å²) in [7, 11) is 0. The molecular weight excluding hydrogens is 338 g/mol. The zero-order chi connectivity index (χ0) is 18.8. The van der Waals surface area contributed by atoms with Gasteiger partial charge in [-0.05, 0) is 44.4 Å². The summed E-state index contributed by atoms with van der Waals surface area (Å²) >= 11 is 0. The smallest absolute Gasteiger partial charge is 0.270 e. The van der Waals surface area contributed by atoms with E-state index in [0.717, 1.165) is 31.0 Å². The van der Waals surface area contributed by atoms with Crippen LogP contribution in [0.1, 0.15) is 39.8 Å². The van der Waals surface area contributed by atoms with E-state index in [-0.39, 0.29) is 5.91 Å². The number of aryl methyl sites for hydroxylation is 2. The fraction of sp³-hybridized carbons (Fsp3) is 0.381. The summed E-state index contributed by atoms with van der Waals surface area (Å²) in [6, 6.07) is 14.4. The molecule has 27 heavy (non-hydrogen) atoms. The Morgan fingerprint density at radius 3 is 2.85 bits per heavy atom. The van der Waals surface area contributed by atoms with Gasteiger partial charge in [-0.15, -0.1) is 0 Å². The highest BCUT2D eigenvalue weighted by molar-refractivity contribution is 5.92. The van der Waals surface area contributed by atoms with Crippen LogP contribution in [0.4, 0.5) is 0 Å². The fourth-order valence-electron chi connectivity index (χ4n) is 3.81. The lowest BCUT2D eigenvalue weighted by atomic mass is 9.99. The Hall–Kier alpha value is -2.73. The van der Waals surface area contributed by atoms with Gasteiger partial charge in [0.15, 0.2) is 5.65 Å². The fourth-order valence-corrected chi connectivity index (χ4v) is 3.81. The van der Waals surface area contributed by atoms with Gasteiger partial charge in [0.2, 0.25) is 0 Å². The van der Waals surface area contributed by atoms with Gasteiger partial charge in [0.25, 0.3) is 5.91 Å². The van der Waals surface area contributed by atoms with E-state index in [4.69, 9.17) is 0 Å². The van der Waals surface area contributed by atoms with Crippen molar-refractivity contribution in [1.29, 1.82) is 0 Å². The standard InChI is InChI=1S/C21H25N5O/c1-15-12-20-23-19(13-16(2)26(20)24-15)21(27)22-9-11-25-10-8-18(14-25)17-6-4-3-5-7-17/h3-7,12-13,18H,8-11,14H2,1-2H3,(H,22,27)/t18-/m1/s1. The molecule has 0 saturated carbocycles. The van der Waals surface area contributed by atoms with Gasteiger partial charge in [0, 0.05) is 31.4 Å². The molecule has 6 heteroatoms. The number of carbonyl (C=O) groups excluding carboxylic acids is 1. The van der Waals surface area contributed by atoms with Crippen molar-refractivity contribution in [1.82, 2.24) is 24.8 Å². The van der Waals surface area contributed by atoms with Crippen LogP contribution in [0.25, 0.3) is 5.65 Å². The molecule has 3 heterocycles. The molecular formula is C21H25N5O. The van der Waals surface area contributed by atoms with Crippen molar-refractivity contribution in [2.45, 2.75) is 26.2 Å². The molecule has 1 N–H and O–H groups in total. The Bertz CT molecular complexity index is 950. The van der Waals surface area contributed by atoms with Gasteiger partial charge >= 0.3 is 0 Å². The lowest BCUT2D eigenvalue weighted by Crippen LogP contribution is -2.34. The summed E-state index contributed by atoms with van der Waals surface area (Å²) in [5, 5.41) is 7.38. The molecule has 1 atom stereocenters. The van der Waals surface area contributed by atoms with Gasteiger partial charge in [0.05, 0.1) is 5.69 Å². The van der Waals surface area contributed by atoms with E-state index in [2.05, 4.69) is 50.6 Å². The number of carbonyl (C=O) groups is 1. The minimum atomic E-state index is -0.127. The first-order chi connectivity index (χ1) is 13.1. The lowest BCUT2D eigenvalue weighted by Gasteiger charge is -2.16. The summed E-state index contributed by atoms with van der Waals surface area (Å²) in [5.41, 5.74) is 4.37. The van der Waals surface area contributed by atoms with E-state index in [1.165, 1.54) is 12.0 Å². The molecule has 1 aromatic carbocycles. The molecule has 0 radical (unpaired) electrons. The molecule has 1 aliphatic rings. The number of benzene rings is 1. The van der Waals surface area contributed by atoms with Crippen LogP contribution in [0, 0.1) is 13.8 Å². The molecule has 140 valence electrons. The first-order valence-electron chi connectivity index (χ1n) is 9.49. The second-order valence-corrected chi connectivity index (χ2v) is 7.29. The maximum absolute atomic E-state index is 12.5. The maximum atomic E-state index is 12.5. The number of fused-ring (bicyclic) bond motifs is 1. The lowest BCUT2D eigenvalue weighted by molar-refractivity contribution is 0.0944. The minimum absolute atomic E-state index is 0.127. The van der Waals surface area contributed by atoms with Crippen LogP contribution in [-0.4, -0.2) is 51.6 Å². The number of hydrogen-bond donors (Lipinski definition) is 1. The number of hydrogen-bond acceptors (Lipinski definition) is 4. The van der Waals surface area contributed by atoms with E-state index in [1.54, 1.807) is 10.6 Å². The van der Waals surface area contributed by atoms with Crippen molar-refractivity contribution in [3.63, 3.8) is 0 Å². The Kier molecular flexibility index (Phi) is 4.90. The third-order valence-corrected chi connectivity index (χ3v) is 5.22. The van der Waals surface area contributed by atoms with Gasteiger partial charge in [-0.1, -0.05) is 30.3 Å². The summed E-state index contributed by atoms with van der Waals surface area (Å²) in [4.78, 5) is 19.3. The molecule has 1 saturated heterocycles. The van der Waals surface area contributed by atoms with E-state index in [9.17, 15) is 4.79 Å². The second-order valence-electron chi connectivity index (χ2n) is 7.29. The summed E-state index contributed by atoms with van der Waals surface area (Å²) in [6.07, 6.45) is 1.18. The Balaban J connectivity index is 1.31. The Labute approximate surface area is 159 Å². The van der Waals surface area contributed by atoms with Crippen LogP contribution in [-0.2, 0) is 0 Å². The first kappa shape index (κ1) is 17.7. The quantitative estimate of drug-likeness (QED) is 0.757. The molecule has 4 rings (SSSR count). The predicted molar refractivity (Wildman–Crippen MR) is 105 cm³/mol. The molecule has 6 nitrogen and oxygen atoms in total. The first-order valence-corrected chi connectivity index (χ1v) is 9.49. The van der Waals surface area contributed by atoms with E-state index < -0.39 is 0 Å². The third kappa shape index (κ3) is 3.85. The third-order valence-electron chi connectivity index (χ3n) is 5.22. The predicted octanol–water partition coefficient (Wildman–Crippen LogP) is 2.57. The molecule has 0 aliphatic carbocycles. The molecule has 1 amide bonds. The van der Waals surface area contributed by atoms with Crippen molar-refractivity contribution in [3.05, 3.63) is 65.1 Å². The zero-order valence-corrected chi connectivity index (χ0v) is 15.9. The van der Waals surface area contributed by atoms with Crippen LogP contribution < -0.4 is 5.32 Å². The van der Waals surface area contributed by atoms with Gasteiger partial charge in [-0.25, -0.2) is 9.50 Å². The molecule has 2 aromatic heterocycles. The van der Waals surface area contributed by atoms with Crippen LogP contribution in [0.2, 0.25) is 0 Å². The van der Waals surface area contributed by atoms with E-state index in [0.29, 0.717) is 23.8 Å². The monoisotopic (exact) mass is 363 g/mol. The van der Waals surface area contributed by atoms with E-state index in [1.807, 2.05) is 19.9 Å². The van der Waals surface area contributed by atoms with Gasteiger partial charge in [-0.3, -0.25) is 4.79 Å². The SMILES string of the molecule is Cc1cc2nc(C(=O)NCCN3CC[C@@H](c4ccccc4)C3)cc(C)n2n1. The number of amides is 1. The summed E-state index contributed by atoms with van der Waals surface area (Å²) in [5.74, 6) is 0.469. The normalized spacial score (nSPS) is 17.5. The van der Waals surface area contributed by atoms with Gasteiger partial charge in [-0.2, -0.15) is 5.10 Å². The largest absolute Gasteiger partial charge is 0.349 e. The summed E-state index contributed by atoms with van der Waals surface area (Å²) in [6.45, 7) is 7.48. The van der Waals surface area contributed by atoms with Crippen LogP contribution in [0.15, 0.2) is 42.5 Å². The van der Waals surface area contributed by atoms with Gasteiger partial charge in [0.1, 0.15) is 5.69 Å². The number of rotatable bonds is 5. The molecule has 0 spiro atoms. The maximum Gasteiger partial charge on any atom is 0.270 e. The van der Waals surface area contributed by atoms with Crippen molar-refractivity contribution in [3.8, 4) is 0 Å². The van der Waals surface area contributed by atoms with Crippen molar-refractivity contribution < 1.29 is 4.79 Å². The average molecular weight is 363 g/mol. The minimum Gasteiger partial charge on any atom is -0.349 e. The number of nitrogens with one attached hydrogen (secondary N) is 1. The van der Waals surface area contributed by atoms with Crippen molar-refractivity contribution >= 4 is 11.6 Å².